The molecule has 10 nitrogen and oxygen atoms in total. The van der Waals surface area contributed by atoms with Gasteiger partial charge in [0.15, 0.2) is 0 Å². The van der Waals surface area contributed by atoms with Gasteiger partial charge in [-0.1, -0.05) is 42.5 Å². The Morgan fingerprint density at radius 1 is 1.08 bits per heavy atom. The van der Waals surface area contributed by atoms with E-state index in [9.17, 15) is 24.5 Å². The van der Waals surface area contributed by atoms with Gasteiger partial charge in [0.2, 0.25) is 6.10 Å². The molecule has 0 N–H and O–H groups in total. The lowest BCUT2D eigenvalue weighted by molar-refractivity contribution is -0.384. The predicted molar refractivity (Wildman–Crippen MR) is 129 cm³/mol. The van der Waals surface area contributed by atoms with E-state index in [0.717, 1.165) is 0 Å². The van der Waals surface area contributed by atoms with Crippen molar-refractivity contribution in [3.8, 4) is 0 Å². The molecule has 3 atom stereocenters. The molecule has 3 rings (SSSR count). The Balaban J connectivity index is 2.13. The second-order valence-electron chi connectivity index (χ2n) is 8.03. The highest BCUT2D eigenvalue weighted by Crippen LogP contribution is 2.41. The van der Waals surface area contributed by atoms with Gasteiger partial charge in [-0.2, -0.15) is 0 Å². The van der Waals surface area contributed by atoms with Gasteiger partial charge >= 0.3 is 17.9 Å². The maximum absolute atomic E-state index is 13.6. The number of carbonyl (C=O) groups excluding carboxylic acids is 3. The van der Waals surface area contributed by atoms with E-state index in [1.807, 2.05) is 0 Å². The topological polar surface area (TPSA) is 134 Å². The molecule has 0 aliphatic carbocycles. The molecule has 0 amide bonds. The molecule has 0 fully saturated rings. The standard InChI is InChI=1S/C26H26N2O8/c1-5-35-24(29)20-15(2)27-16(3)21(22(20)18-12-9-13-19(14-18)28(32)33)25(30)36-23(26(31)34-4)17-10-7-6-8-11-17/h6-14,20,22-23H,5H2,1-4H3. The van der Waals surface area contributed by atoms with Gasteiger partial charge < -0.3 is 14.2 Å². The number of methoxy groups -OCH3 is 1. The Labute approximate surface area is 207 Å². The van der Waals surface area contributed by atoms with Crippen molar-refractivity contribution in [2.24, 2.45) is 10.9 Å². The lowest BCUT2D eigenvalue weighted by atomic mass is 9.75. The summed E-state index contributed by atoms with van der Waals surface area (Å²) in [4.78, 5) is 54.4. The molecule has 2 aromatic carbocycles. The summed E-state index contributed by atoms with van der Waals surface area (Å²) in [6.45, 7) is 4.93. The van der Waals surface area contributed by atoms with Crippen LogP contribution in [-0.2, 0) is 28.6 Å². The molecular weight excluding hydrogens is 468 g/mol. The van der Waals surface area contributed by atoms with Crippen LogP contribution >= 0.6 is 0 Å². The van der Waals surface area contributed by atoms with Crippen LogP contribution in [0.4, 0.5) is 5.69 Å². The molecule has 2 aromatic rings. The molecule has 1 aliphatic heterocycles. The molecule has 10 heteroatoms. The third-order valence-electron chi connectivity index (χ3n) is 5.77. The summed E-state index contributed by atoms with van der Waals surface area (Å²) in [5, 5.41) is 11.4. The molecule has 36 heavy (non-hydrogen) atoms. The average Bonchev–Trinajstić information content (AvgIpc) is 2.86. The minimum absolute atomic E-state index is 0.0102. The maximum Gasteiger partial charge on any atom is 0.351 e. The summed E-state index contributed by atoms with van der Waals surface area (Å²) in [6.07, 6.45) is -1.37. The van der Waals surface area contributed by atoms with Gasteiger partial charge in [0.05, 0.1) is 24.2 Å². The van der Waals surface area contributed by atoms with E-state index in [2.05, 4.69) is 4.99 Å². The number of benzene rings is 2. The van der Waals surface area contributed by atoms with Crippen LogP contribution in [0, 0.1) is 16.0 Å². The van der Waals surface area contributed by atoms with Crippen molar-refractivity contribution in [2.75, 3.05) is 13.7 Å². The summed E-state index contributed by atoms with van der Waals surface area (Å²) < 4.78 is 15.7. The minimum Gasteiger partial charge on any atom is -0.466 e. The molecule has 188 valence electrons. The number of aliphatic imine (C=N–C) groups is 1. The van der Waals surface area contributed by atoms with Crippen molar-refractivity contribution in [1.29, 1.82) is 0 Å². The minimum atomic E-state index is -1.37. The molecule has 3 unspecified atom stereocenters. The van der Waals surface area contributed by atoms with Crippen LogP contribution in [-0.4, -0.2) is 42.3 Å². The summed E-state index contributed by atoms with van der Waals surface area (Å²) in [5.41, 5.74) is 1.14. The highest BCUT2D eigenvalue weighted by molar-refractivity contribution is 6.07. The number of allylic oxidation sites excluding steroid dienone is 1. The van der Waals surface area contributed by atoms with Crippen molar-refractivity contribution in [3.05, 3.63) is 87.1 Å². The predicted octanol–water partition coefficient (Wildman–Crippen LogP) is 4.06. The number of nitro benzene ring substituents is 1. The Morgan fingerprint density at radius 3 is 2.39 bits per heavy atom. The quantitative estimate of drug-likeness (QED) is 0.232. The van der Waals surface area contributed by atoms with Gasteiger partial charge in [-0.3, -0.25) is 19.9 Å². The molecule has 0 saturated heterocycles. The van der Waals surface area contributed by atoms with E-state index in [0.29, 0.717) is 16.8 Å². The van der Waals surface area contributed by atoms with Gasteiger partial charge in [-0.15, -0.1) is 0 Å². The van der Waals surface area contributed by atoms with Crippen LogP contribution in [0.1, 0.15) is 43.9 Å². The number of nitrogens with zero attached hydrogens (tertiary/aromatic N) is 2. The summed E-state index contributed by atoms with van der Waals surface area (Å²) in [5.74, 6) is -4.37. The monoisotopic (exact) mass is 494 g/mol. The molecule has 0 aromatic heterocycles. The molecule has 1 heterocycles. The van der Waals surface area contributed by atoms with Crippen molar-refractivity contribution in [3.63, 3.8) is 0 Å². The van der Waals surface area contributed by atoms with Crippen LogP contribution in [0.25, 0.3) is 0 Å². The molecule has 0 bridgehead atoms. The number of nitro groups is 1. The van der Waals surface area contributed by atoms with Crippen molar-refractivity contribution in [2.45, 2.75) is 32.8 Å². The van der Waals surface area contributed by atoms with E-state index in [1.54, 1.807) is 57.2 Å². The zero-order chi connectivity index (χ0) is 26.4. The van der Waals surface area contributed by atoms with Gasteiger partial charge in [0, 0.05) is 35.0 Å². The SMILES string of the molecule is CCOC(=O)C1C(C)=NC(C)=C(C(=O)OC(C(=O)OC)c2ccccc2)C1c1cccc([N+](=O)[O-])c1. The van der Waals surface area contributed by atoms with Gasteiger partial charge in [0.1, 0.15) is 5.92 Å². The Kier molecular flexibility index (Phi) is 8.31. The second kappa shape index (κ2) is 11.4. The van der Waals surface area contributed by atoms with Gasteiger partial charge in [-0.25, -0.2) is 9.59 Å². The first-order chi connectivity index (χ1) is 17.2. The van der Waals surface area contributed by atoms with Gasteiger partial charge in [-0.05, 0) is 26.3 Å². The zero-order valence-corrected chi connectivity index (χ0v) is 20.3. The fourth-order valence-electron chi connectivity index (χ4n) is 4.19. The lowest BCUT2D eigenvalue weighted by Gasteiger charge is -2.32. The van der Waals surface area contributed by atoms with Crippen molar-refractivity contribution >= 4 is 29.3 Å². The van der Waals surface area contributed by atoms with Crippen LogP contribution in [0.3, 0.4) is 0 Å². The summed E-state index contributed by atoms with van der Waals surface area (Å²) >= 11 is 0. The highest BCUT2D eigenvalue weighted by atomic mass is 16.6. The van der Waals surface area contributed by atoms with Crippen LogP contribution in [0.15, 0.2) is 70.9 Å². The smallest absolute Gasteiger partial charge is 0.351 e. The zero-order valence-electron chi connectivity index (χ0n) is 20.3. The largest absolute Gasteiger partial charge is 0.466 e. The third-order valence-corrected chi connectivity index (χ3v) is 5.77. The number of hydrogen-bond acceptors (Lipinski definition) is 9. The van der Waals surface area contributed by atoms with Gasteiger partial charge in [0.25, 0.3) is 5.69 Å². The number of rotatable bonds is 8. The molecule has 0 spiro atoms. The van der Waals surface area contributed by atoms with E-state index in [1.165, 1.54) is 25.3 Å². The lowest BCUT2D eigenvalue weighted by Crippen LogP contribution is -2.37. The first-order valence-corrected chi connectivity index (χ1v) is 11.2. The first-order valence-electron chi connectivity index (χ1n) is 11.2. The fraction of sp³-hybridized carbons (Fsp3) is 0.308. The number of esters is 3. The van der Waals surface area contributed by atoms with E-state index in [-0.39, 0.29) is 23.6 Å². The third kappa shape index (κ3) is 5.48. The van der Waals surface area contributed by atoms with Crippen LogP contribution in [0.5, 0.6) is 0 Å². The number of non-ortho nitro benzene ring substituents is 1. The van der Waals surface area contributed by atoms with E-state index >= 15 is 0 Å². The Morgan fingerprint density at radius 2 is 1.78 bits per heavy atom. The Bertz CT molecular complexity index is 1240. The fourth-order valence-corrected chi connectivity index (χ4v) is 4.19. The molecule has 1 aliphatic rings. The number of ether oxygens (including phenoxy) is 3. The average molecular weight is 495 g/mol. The Hall–Kier alpha value is -4.34. The summed E-state index contributed by atoms with van der Waals surface area (Å²) in [6, 6.07) is 14.0. The molecule has 0 radical (unpaired) electrons. The van der Waals surface area contributed by atoms with Crippen molar-refractivity contribution < 1.29 is 33.5 Å². The van der Waals surface area contributed by atoms with Crippen molar-refractivity contribution in [1.82, 2.24) is 0 Å². The van der Waals surface area contributed by atoms with Crippen LogP contribution < -0.4 is 0 Å². The maximum atomic E-state index is 13.6. The van der Waals surface area contributed by atoms with Crippen LogP contribution in [0.2, 0.25) is 0 Å². The number of carbonyl (C=O) groups is 3. The second-order valence-corrected chi connectivity index (χ2v) is 8.03. The highest BCUT2D eigenvalue weighted by Gasteiger charge is 2.43. The normalized spacial score (nSPS) is 18.1. The molecular formula is C26H26N2O8. The van der Waals surface area contributed by atoms with E-state index < -0.39 is 40.8 Å². The van der Waals surface area contributed by atoms with E-state index in [4.69, 9.17) is 14.2 Å². The number of hydrogen-bond donors (Lipinski definition) is 0. The first kappa shape index (κ1) is 26.3. The molecule has 0 saturated carbocycles. The summed E-state index contributed by atoms with van der Waals surface area (Å²) in [7, 11) is 1.17.